The van der Waals surface area contributed by atoms with Crippen LogP contribution >= 0.6 is 15.9 Å². The van der Waals surface area contributed by atoms with Crippen molar-refractivity contribution in [3.05, 3.63) is 64.1 Å². The molecule has 0 spiro atoms. The van der Waals surface area contributed by atoms with E-state index in [1.807, 2.05) is 18.2 Å². The molecule has 0 bridgehead atoms. The molecule has 0 amide bonds. The largest absolute Gasteiger partial charge is 0.487 e. The van der Waals surface area contributed by atoms with Crippen LogP contribution in [0.4, 0.5) is 0 Å². The van der Waals surface area contributed by atoms with E-state index in [2.05, 4.69) is 60.1 Å². The Kier molecular flexibility index (Phi) is 4.34. The van der Waals surface area contributed by atoms with Crippen molar-refractivity contribution in [3.8, 4) is 5.75 Å². The first kappa shape index (κ1) is 15.3. The van der Waals surface area contributed by atoms with E-state index in [0.29, 0.717) is 0 Å². The van der Waals surface area contributed by atoms with Crippen molar-refractivity contribution in [2.75, 3.05) is 6.54 Å². The van der Waals surface area contributed by atoms with Crippen molar-refractivity contribution in [3.63, 3.8) is 0 Å². The standard InChI is InChI=1S/C19H20BrNO/c1-19(2)13-17(16-12-15(20)8-9-18(16)22-19)21-11-10-14-6-4-3-5-7-14/h3-9,12H,10-11,13H2,1-2H3/b21-17+. The molecule has 2 aromatic carbocycles. The predicted molar refractivity (Wildman–Crippen MR) is 95.0 cm³/mol. The van der Waals surface area contributed by atoms with Gasteiger partial charge in [-0.05, 0) is 44.0 Å². The Labute approximate surface area is 140 Å². The van der Waals surface area contributed by atoms with Gasteiger partial charge in [0, 0.05) is 28.7 Å². The van der Waals surface area contributed by atoms with E-state index >= 15 is 0 Å². The Bertz CT molecular complexity index is 692. The molecule has 0 unspecified atom stereocenters. The second-order valence-electron chi connectivity index (χ2n) is 6.24. The Morgan fingerprint density at radius 1 is 1.14 bits per heavy atom. The van der Waals surface area contributed by atoms with Crippen LogP contribution in [0.5, 0.6) is 5.75 Å². The lowest BCUT2D eigenvalue weighted by Gasteiger charge is -2.33. The van der Waals surface area contributed by atoms with E-state index in [4.69, 9.17) is 9.73 Å². The maximum atomic E-state index is 6.07. The fourth-order valence-corrected chi connectivity index (χ4v) is 3.12. The maximum Gasteiger partial charge on any atom is 0.129 e. The number of nitrogens with zero attached hydrogens (tertiary/aromatic N) is 1. The third-order valence-corrected chi connectivity index (χ3v) is 4.27. The number of fused-ring (bicyclic) bond motifs is 1. The summed E-state index contributed by atoms with van der Waals surface area (Å²) in [6, 6.07) is 16.6. The zero-order valence-corrected chi connectivity index (χ0v) is 14.6. The third kappa shape index (κ3) is 3.58. The van der Waals surface area contributed by atoms with E-state index in [0.717, 1.165) is 40.9 Å². The van der Waals surface area contributed by atoms with Crippen LogP contribution in [0.3, 0.4) is 0 Å². The highest BCUT2D eigenvalue weighted by atomic mass is 79.9. The van der Waals surface area contributed by atoms with Gasteiger partial charge >= 0.3 is 0 Å². The fraction of sp³-hybridized carbons (Fsp3) is 0.316. The van der Waals surface area contributed by atoms with E-state index in [1.165, 1.54) is 5.56 Å². The van der Waals surface area contributed by atoms with Gasteiger partial charge in [0.1, 0.15) is 11.4 Å². The van der Waals surface area contributed by atoms with Crippen LogP contribution in [0, 0.1) is 0 Å². The van der Waals surface area contributed by atoms with Crippen molar-refractivity contribution >= 4 is 21.6 Å². The van der Waals surface area contributed by atoms with Crippen molar-refractivity contribution in [1.29, 1.82) is 0 Å². The second kappa shape index (κ2) is 6.25. The monoisotopic (exact) mass is 357 g/mol. The molecule has 1 aliphatic rings. The van der Waals surface area contributed by atoms with Crippen LogP contribution in [-0.2, 0) is 6.42 Å². The summed E-state index contributed by atoms with van der Waals surface area (Å²) >= 11 is 3.54. The highest BCUT2D eigenvalue weighted by molar-refractivity contribution is 9.10. The van der Waals surface area contributed by atoms with Crippen LogP contribution < -0.4 is 4.74 Å². The molecular formula is C19H20BrNO. The molecular weight excluding hydrogens is 338 g/mol. The molecule has 0 aliphatic carbocycles. The molecule has 0 aromatic heterocycles. The minimum absolute atomic E-state index is 0.202. The third-order valence-electron chi connectivity index (χ3n) is 3.78. The van der Waals surface area contributed by atoms with Crippen molar-refractivity contribution < 1.29 is 4.74 Å². The summed E-state index contributed by atoms with van der Waals surface area (Å²) in [7, 11) is 0. The van der Waals surface area contributed by atoms with E-state index in [9.17, 15) is 0 Å². The minimum Gasteiger partial charge on any atom is -0.487 e. The molecule has 1 heterocycles. The number of aliphatic imine (C=N–C) groups is 1. The first-order valence-corrected chi connectivity index (χ1v) is 8.39. The zero-order valence-electron chi connectivity index (χ0n) is 13.0. The topological polar surface area (TPSA) is 21.6 Å². The van der Waals surface area contributed by atoms with Crippen LogP contribution in [-0.4, -0.2) is 17.9 Å². The van der Waals surface area contributed by atoms with Gasteiger partial charge in [-0.25, -0.2) is 0 Å². The lowest BCUT2D eigenvalue weighted by atomic mass is 9.92. The number of hydrogen-bond acceptors (Lipinski definition) is 2. The molecule has 0 saturated heterocycles. The Morgan fingerprint density at radius 3 is 2.68 bits per heavy atom. The van der Waals surface area contributed by atoms with Crippen LogP contribution in [0.2, 0.25) is 0 Å². The van der Waals surface area contributed by atoms with Gasteiger partial charge in [-0.1, -0.05) is 46.3 Å². The van der Waals surface area contributed by atoms with Gasteiger partial charge in [-0.2, -0.15) is 0 Å². The first-order chi connectivity index (χ1) is 10.5. The van der Waals surface area contributed by atoms with Crippen molar-refractivity contribution in [1.82, 2.24) is 0 Å². The maximum absolute atomic E-state index is 6.07. The second-order valence-corrected chi connectivity index (χ2v) is 7.16. The lowest BCUT2D eigenvalue weighted by molar-refractivity contribution is 0.111. The Hall–Kier alpha value is -1.61. The minimum atomic E-state index is -0.202. The molecule has 2 nitrogen and oxygen atoms in total. The molecule has 0 saturated carbocycles. The summed E-state index contributed by atoms with van der Waals surface area (Å²) in [4.78, 5) is 4.87. The molecule has 0 N–H and O–H groups in total. The highest BCUT2D eigenvalue weighted by Gasteiger charge is 2.30. The molecule has 2 aromatic rings. The molecule has 1 aliphatic heterocycles. The van der Waals surface area contributed by atoms with Gasteiger partial charge < -0.3 is 4.74 Å². The van der Waals surface area contributed by atoms with Gasteiger partial charge in [0.15, 0.2) is 0 Å². The van der Waals surface area contributed by atoms with E-state index in [1.54, 1.807) is 0 Å². The van der Waals surface area contributed by atoms with Gasteiger partial charge in [0.05, 0.1) is 0 Å². The van der Waals surface area contributed by atoms with Crippen molar-refractivity contribution in [2.24, 2.45) is 4.99 Å². The Morgan fingerprint density at radius 2 is 1.91 bits per heavy atom. The molecule has 22 heavy (non-hydrogen) atoms. The summed E-state index contributed by atoms with van der Waals surface area (Å²) in [5.41, 5.74) is 3.38. The summed E-state index contributed by atoms with van der Waals surface area (Å²) in [6.07, 6.45) is 1.81. The number of hydrogen-bond donors (Lipinski definition) is 0. The molecule has 0 atom stereocenters. The van der Waals surface area contributed by atoms with Gasteiger partial charge in [-0.15, -0.1) is 0 Å². The molecule has 3 rings (SSSR count). The normalized spacial score (nSPS) is 17.9. The molecule has 0 radical (unpaired) electrons. The average molecular weight is 358 g/mol. The zero-order chi connectivity index (χ0) is 15.6. The summed E-state index contributed by atoms with van der Waals surface area (Å²) in [5.74, 6) is 0.929. The number of rotatable bonds is 3. The van der Waals surface area contributed by atoms with Crippen LogP contribution in [0.15, 0.2) is 58.0 Å². The number of benzene rings is 2. The lowest BCUT2D eigenvalue weighted by Crippen LogP contribution is -2.36. The first-order valence-electron chi connectivity index (χ1n) is 7.60. The smallest absolute Gasteiger partial charge is 0.129 e. The van der Waals surface area contributed by atoms with E-state index in [-0.39, 0.29) is 5.60 Å². The molecule has 0 fully saturated rings. The fourth-order valence-electron chi connectivity index (χ4n) is 2.75. The quantitative estimate of drug-likeness (QED) is 0.753. The predicted octanol–water partition coefficient (Wildman–Crippen LogP) is 5.04. The van der Waals surface area contributed by atoms with Gasteiger partial charge in [-0.3, -0.25) is 4.99 Å². The Balaban J connectivity index is 1.83. The number of halogens is 1. The summed E-state index contributed by atoms with van der Waals surface area (Å²) < 4.78 is 7.13. The van der Waals surface area contributed by atoms with Crippen LogP contribution in [0.25, 0.3) is 0 Å². The van der Waals surface area contributed by atoms with Crippen LogP contribution in [0.1, 0.15) is 31.4 Å². The van der Waals surface area contributed by atoms with Gasteiger partial charge in [0.25, 0.3) is 0 Å². The number of ether oxygens (including phenoxy) is 1. The summed E-state index contributed by atoms with van der Waals surface area (Å²) in [5, 5.41) is 0. The van der Waals surface area contributed by atoms with Gasteiger partial charge in [0.2, 0.25) is 0 Å². The summed E-state index contributed by atoms with van der Waals surface area (Å²) in [6.45, 7) is 5.04. The van der Waals surface area contributed by atoms with E-state index < -0.39 is 0 Å². The van der Waals surface area contributed by atoms with Crippen molar-refractivity contribution in [2.45, 2.75) is 32.3 Å². The molecule has 114 valence electrons. The average Bonchev–Trinajstić information content (AvgIpc) is 2.48. The highest BCUT2D eigenvalue weighted by Crippen LogP contribution is 2.35. The SMILES string of the molecule is CC1(C)C/C(=N\CCc2ccccc2)c2cc(Br)ccc2O1. The molecule has 3 heteroatoms.